The van der Waals surface area contributed by atoms with Crippen LogP contribution in [0.3, 0.4) is 0 Å². The first-order chi connectivity index (χ1) is 16.5. The van der Waals surface area contributed by atoms with Gasteiger partial charge in [0, 0.05) is 29.6 Å². The largest absolute Gasteiger partial charge is 0.366 e. The average molecular weight is 460 g/mol. The monoisotopic (exact) mass is 459 g/mol. The molecule has 34 heavy (non-hydrogen) atoms. The molecule has 2 fully saturated rings. The van der Waals surface area contributed by atoms with Crippen molar-refractivity contribution in [3.05, 3.63) is 35.7 Å². The fourth-order valence-corrected chi connectivity index (χ4v) is 5.56. The molecule has 0 unspecified atom stereocenters. The molecule has 6 rings (SSSR count). The molecule has 10 heteroatoms. The van der Waals surface area contributed by atoms with Crippen molar-refractivity contribution in [3.63, 3.8) is 0 Å². The van der Waals surface area contributed by atoms with Crippen LogP contribution in [0.1, 0.15) is 42.2 Å². The second kappa shape index (κ2) is 7.76. The maximum Gasteiger partial charge on any atom is 0.248 e. The first-order valence-corrected chi connectivity index (χ1v) is 11.9. The highest BCUT2D eigenvalue weighted by Crippen LogP contribution is 2.59. The van der Waals surface area contributed by atoms with E-state index >= 15 is 0 Å². The molecule has 1 atom stereocenters. The number of nitrogens with two attached hydrogens (primary N) is 1. The number of nitrogens with zero attached hydrogens (tertiary/aromatic N) is 6. The summed E-state index contributed by atoms with van der Waals surface area (Å²) in [5, 5.41) is 21.1. The Bertz CT molecular complexity index is 1390. The van der Waals surface area contributed by atoms with E-state index in [0.717, 1.165) is 54.0 Å². The number of primary amides is 1. The highest BCUT2D eigenvalue weighted by Gasteiger charge is 2.53. The number of amides is 1. The van der Waals surface area contributed by atoms with E-state index in [1.165, 1.54) is 19.3 Å². The normalized spacial score (nSPS) is 19.2. The minimum atomic E-state index is -0.479. The lowest BCUT2D eigenvalue weighted by Crippen LogP contribution is -2.30. The third kappa shape index (κ3) is 3.40. The van der Waals surface area contributed by atoms with Crippen molar-refractivity contribution in [2.24, 2.45) is 17.1 Å². The van der Waals surface area contributed by atoms with Gasteiger partial charge in [0.2, 0.25) is 5.91 Å². The van der Waals surface area contributed by atoms with Gasteiger partial charge in [0.15, 0.2) is 11.6 Å². The fourth-order valence-electron chi connectivity index (χ4n) is 5.56. The van der Waals surface area contributed by atoms with Gasteiger partial charge in [-0.25, -0.2) is 4.98 Å². The van der Waals surface area contributed by atoms with E-state index in [1.807, 2.05) is 41.5 Å². The number of benzene rings is 1. The van der Waals surface area contributed by atoms with Crippen molar-refractivity contribution >= 4 is 16.8 Å². The molecule has 4 heterocycles. The molecule has 1 aromatic carbocycles. The number of H-pyrrole nitrogens is 1. The number of nitrogens with one attached hydrogen (secondary N) is 2. The predicted molar refractivity (Wildman–Crippen MR) is 128 cm³/mol. The van der Waals surface area contributed by atoms with Gasteiger partial charge in [0.25, 0.3) is 0 Å². The van der Waals surface area contributed by atoms with Crippen LogP contribution in [0.15, 0.2) is 24.4 Å². The summed E-state index contributed by atoms with van der Waals surface area (Å²) in [6.07, 6.45) is 5.54. The Labute approximate surface area is 196 Å². The van der Waals surface area contributed by atoms with Crippen LogP contribution < -0.4 is 11.1 Å². The molecule has 0 radical (unpaired) electrons. The Kier molecular flexibility index (Phi) is 4.80. The highest BCUT2D eigenvalue weighted by molar-refractivity contribution is 6.02. The number of carbonyl (C=O) groups is 1. The quantitative estimate of drug-likeness (QED) is 0.406. The van der Waals surface area contributed by atoms with E-state index in [9.17, 15) is 4.79 Å². The average Bonchev–Trinajstić information content (AvgIpc) is 3.25. The molecular weight excluding hydrogens is 430 g/mol. The topological polar surface area (TPSA) is 132 Å². The van der Waals surface area contributed by atoms with Crippen LogP contribution in [0.4, 0.5) is 0 Å². The summed E-state index contributed by atoms with van der Waals surface area (Å²) in [5.74, 6) is 1.28. The smallest absolute Gasteiger partial charge is 0.248 e. The Morgan fingerprint density at radius 3 is 2.82 bits per heavy atom. The number of piperidine rings is 1. The summed E-state index contributed by atoms with van der Waals surface area (Å²) in [5.41, 5.74) is 10.0. The standard InChI is InChI=1S/C24H29N9O/c1-3-32-20(8-14(2)31-32)23-28-22(29-30-23)17-9-15(21(25)34)10-19-18(17)12-27-33(19)13-16-11-24(16)4-6-26-7-5-24/h8-10,12,16,26H,3-7,11,13H2,1-2H3,(H2,25,34)(H,28,29,30)/t16-/m1/s1. The van der Waals surface area contributed by atoms with Gasteiger partial charge in [0.1, 0.15) is 5.69 Å². The molecule has 1 amide bonds. The number of aromatic nitrogens is 7. The lowest BCUT2D eigenvalue weighted by molar-refractivity contribution is 0.100. The zero-order valence-electron chi connectivity index (χ0n) is 19.5. The molecule has 1 saturated carbocycles. The molecule has 2 aliphatic rings. The van der Waals surface area contributed by atoms with Crippen LogP contribution in [0.25, 0.3) is 33.8 Å². The van der Waals surface area contributed by atoms with Crippen molar-refractivity contribution in [2.75, 3.05) is 13.1 Å². The van der Waals surface area contributed by atoms with Gasteiger partial charge in [-0.2, -0.15) is 15.3 Å². The molecular formula is C24H29N9O. The Hall–Kier alpha value is -3.53. The van der Waals surface area contributed by atoms with Gasteiger partial charge < -0.3 is 11.1 Å². The number of hydrogen-bond acceptors (Lipinski definition) is 6. The Morgan fingerprint density at radius 2 is 2.06 bits per heavy atom. The molecule has 0 bridgehead atoms. The van der Waals surface area contributed by atoms with Crippen molar-refractivity contribution in [2.45, 2.75) is 46.2 Å². The maximum atomic E-state index is 12.2. The van der Waals surface area contributed by atoms with Crippen LogP contribution in [-0.2, 0) is 13.1 Å². The van der Waals surface area contributed by atoms with Gasteiger partial charge in [0.05, 0.1) is 17.4 Å². The predicted octanol–water partition coefficient (Wildman–Crippen LogP) is 2.50. The molecule has 3 aromatic heterocycles. The number of hydrogen-bond donors (Lipinski definition) is 3. The molecule has 4 aromatic rings. The first-order valence-electron chi connectivity index (χ1n) is 11.9. The lowest BCUT2D eigenvalue weighted by Gasteiger charge is -2.23. The number of carbonyl (C=O) groups excluding carboxylic acids is 1. The molecule has 10 nitrogen and oxygen atoms in total. The zero-order chi connectivity index (χ0) is 23.4. The molecule has 4 N–H and O–H groups in total. The van der Waals surface area contributed by atoms with Crippen LogP contribution in [0.2, 0.25) is 0 Å². The van der Waals surface area contributed by atoms with Gasteiger partial charge in [-0.3, -0.25) is 19.3 Å². The van der Waals surface area contributed by atoms with Crippen LogP contribution in [0, 0.1) is 18.3 Å². The third-order valence-electron chi connectivity index (χ3n) is 7.57. The molecule has 1 saturated heterocycles. The molecule has 1 aliphatic heterocycles. The first kappa shape index (κ1) is 21.0. The molecule has 176 valence electrons. The van der Waals surface area contributed by atoms with E-state index in [2.05, 4.69) is 20.6 Å². The van der Waals surface area contributed by atoms with Crippen molar-refractivity contribution in [1.29, 1.82) is 0 Å². The maximum absolute atomic E-state index is 12.2. The zero-order valence-corrected chi connectivity index (χ0v) is 19.5. The van der Waals surface area contributed by atoms with E-state index in [4.69, 9.17) is 15.8 Å². The fraction of sp³-hybridized carbons (Fsp3) is 0.458. The van der Waals surface area contributed by atoms with E-state index in [1.54, 1.807) is 6.07 Å². The third-order valence-corrected chi connectivity index (χ3v) is 7.57. The Balaban J connectivity index is 1.38. The van der Waals surface area contributed by atoms with E-state index < -0.39 is 5.91 Å². The van der Waals surface area contributed by atoms with Crippen molar-refractivity contribution in [1.82, 2.24) is 40.1 Å². The van der Waals surface area contributed by atoms with Gasteiger partial charge in [-0.1, -0.05) is 0 Å². The summed E-state index contributed by atoms with van der Waals surface area (Å²) in [4.78, 5) is 16.9. The van der Waals surface area contributed by atoms with Gasteiger partial charge in [-0.15, -0.1) is 0 Å². The minimum Gasteiger partial charge on any atom is -0.366 e. The minimum absolute atomic E-state index is 0.428. The number of rotatable bonds is 6. The van der Waals surface area contributed by atoms with Crippen molar-refractivity contribution in [3.8, 4) is 22.9 Å². The van der Waals surface area contributed by atoms with Crippen molar-refractivity contribution < 1.29 is 4.79 Å². The highest BCUT2D eigenvalue weighted by atomic mass is 16.1. The van der Waals surface area contributed by atoms with Crippen LogP contribution in [0.5, 0.6) is 0 Å². The summed E-state index contributed by atoms with van der Waals surface area (Å²) in [7, 11) is 0. The second-order valence-electron chi connectivity index (χ2n) is 9.66. The van der Waals surface area contributed by atoms with E-state index in [0.29, 0.717) is 28.5 Å². The molecule has 1 spiro atoms. The number of aryl methyl sites for hydroxylation is 2. The SMILES string of the molecule is CCn1nc(C)cc1-c1nc(-c2cc(C(N)=O)cc3c2cnn3C[C@H]2CC23CCNCC3)n[nH]1. The molecule has 1 aliphatic carbocycles. The van der Waals surface area contributed by atoms with Gasteiger partial charge in [-0.05, 0) is 75.7 Å². The number of fused-ring (bicyclic) bond motifs is 1. The summed E-state index contributed by atoms with van der Waals surface area (Å²) in [6, 6.07) is 5.58. The van der Waals surface area contributed by atoms with E-state index in [-0.39, 0.29) is 0 Å². The summed E-state index contributed by atoms with van der Waals surface area (Å²) in [6.45, 7) is 7.75. The van der Waals surface area contributed by atoms with Crippen LogP contribution >= 0.6 is 0 Å². The number of aromatic amines is 1. The van der Waals surface area contributed by atoms with Crippen LogP contribution in [-0.4, -0.2) is 53.7 Å². The summed E-state index contributed by atoms with van der Waals surface area (Å²) >= 11 is 0. The lowest BCUT2D eigenvalue weighted by atomic mass is 9.92. The second-order valence-corrected chi connectivity index (χ2v) is 9.66. The Morgan fingerprint density at radius 1 is 1.24 bits per heavy atom. The summed E-state index contributed by atoms with van der Waals surface area (Å²) < 4.78 is 3.91. The van der Waals surface area contributed by atoms with Gasteiger partial charge >= 0.3 is 0 Å².